The molecule has 0 spiro atoms. The van der Waals surface area contributed by atoms with Gasteiger partial charge in [-0.2, -0.15) is 0 Å². The van der Waals surface area contributed by atoms with E-state index in [4.69, 9.17) is 0 Å². The van der Waals surface area contributed by atoms with Crippen LogP contribution in [0.3, 0.4) is 0 Å². The van der Waals surface area contributed by atoms with Crippen LogP contribution in [0.15, 0.2) is 24.3 Å². The van der Waals surface area contributed by atoms with Gasteiger partial charge < -0.3 is 0 Å². The molecule has 0 aromatic heterocycles. The van der Waals surface area contributed by atoms with Crippen LogP contribution >= 0.6 is 0 Å². The Morgan fingerprint density at radius 1 is 1.00 bits per heavy atom. The van der Waals surface area contributed by atoms with Gasteiger partial charge in [-0.15, -0.1) is 0 Å². The molecule has 0 nitrogen and oxygen atoms in total. The average molecular weight is 151 g/mol. The topological polar surface area (TPSA) is 0 Å². The molecule has 0 amide bonds. The zero-order valence-corrected chi connectivity index (χ0v) is 7.72. The van der Waals surface area contributed by atoms with E-state index in [0.29, 0.717) is 0 Å². The molecule has 0 aromatic rings. The third-order valence-corrected chi connectivity index (χ3v) is 1.45. The van der Waals surface area contributed by atoms with Crippen molar-refractivity contribution in [2.45, 2.75) is 39.5 Å². The molecule has 0 saturated carbocycles. The van der Waals surface area contributed by atoms with Gasteiger partial charge in [0, 0.05) is 6.42 Å². The highest BCUT2D eigenvalue weighted by atomic mass is 13.8. The monoisotopic (exact) mass is 151 g/mol. The van der Waals surface area contributed by atoms with Crippen molar-refractivity contribution in [1.29, 1.82) is 0 Å². The minimum Gasteiger partial charge on any atom is -0.0882 e. The maximum Gasteiger partial charge on any atom is 0.00441 e. The summed E-state index contributed by atoms with van der Waals surface area (Å²) in [6.45, 7) is 4.36. The average Bonchev–Trinajstić information content (AvgIpc) is 2.03. The van der Waals surface area contributed by atoms with E-state index in [-0.39, 0.29) is 0 Å². The molecule has 0 unspecified atom stereocenters. The molecule has 0 saturated heterocycles. The first-order valence-electron chi connectivity index (χ1n) is 4.56. The molecule has 1 radical (unpaired) electrons. The van der Waals surface area contributed by atoms with E-state index in [2.05, 4.69) is 44.6 Å². The lowest BCUT2D eigenvalue weighted by Crippen LogP contribution is -1.67. The second kappa shape index (κ2) is 9.48. The lowest BCUT2D eigenvalue weighted by molar-refractivity contribution is 0.814. The van der Waals surface area contributed by atoms with Crippen molar-refractivity contribution in [3.05, 3.63) is 30.7 Å². The van der Waals surface area contributed by atoms with Gasteiger partial charge in [-0.25, -0.2) is 0 Å². The summed E-state index contributed by atoms with van der Waals surface area (Å²) in [7, 11) is 0. The number of rotatable bonds is 6. The summed E-state index contributed by atoms with van der Waals surface area (Å²) in [4.78, 5) is 0. The van der Waals surface area contributed by atoms with Crippen molar-refractivity contribution in [3.8, 4) is 0 Å². The summed E-state index contributed by atoms with van der Waals surface area (Å²) in [5.74, 6) is 0. The first-order valence-corrected chi connectivity index (χ1v) is 4.56. The molecule has 0 bridgehead atoms. The van der Waals surface area contributed by atoms with Gasteiger partial charge in [-0.05, 0) is 12.8 Å². The van der Waals surface area contributed by atoms with Crippen molar-refractivity contribution in [2.75, 3.05) is 0 Å². The molecule has 63 valence electrons. The maximum absolute atomic E-state index is 2.23. The van der Waals surface area contributed by atoms with Crippen molar-refractivity contribution in [1.82, 2.24) is 0 Å². The molecule has 0 aliphatic carbocycles. The summed E-state index contributed by atoms with van der Waals surface area (Å²) >= 11 is 0. The van der Waals surface area contributed by atoms with Gasteiger partial charge in [0.15, 0.2) is 0 Å². The fraction of sp³-hybridized carbons (Fsp3) is 0.545. The first kappa shape index (κ1) is 10.5. The second-order valence-electron chi connectivity index (χ2n) is 2.60. The van der Waals surface area contributed by atoms with E-state index in [1.807, 2.05) is 0 Å². The van der Waals surface area contributed by atoms with Crippen molar-refractivity contribution < 1.29 is 0 Å². The number of hydrogen-bond donors (Lipinski definition) is 0. The Labute approximate surface area is 71.0 Å². The Morgan fingerprint density at radius 3 is 2.36 bits per heavy atom. The predicted octanol–water partition coefficient (Wildman–Crippen LogP) is 3.90. The predicted molar refractivity (Wildman–Crippen MR) is 52.4 cm³/mol. The number of unbranched alkanes of at least 4 members (excludes halogenated alkanes) is 2. The fourth-order valence-corrected chi connectivity index (χ4v) is 0.776. The van der Waals surface area contributed by atoms with Crippen LogP contribution in [0.5, 0.6) is 0 Å². The van der Waals surface area contributed by atoms with E-state index in [1.165, 1.54) is 19.3 Å². The smallest absolute Gasteiger partial charge is 0.00441 e. The molecule has 0 aromatic carbocycles. The van der Waals surface area contributed by atoms with Crippen molar-refractivity contribution in [3.63, 3.8) is 0 Å². The Kier molecular flexibility index (Phi) is 9.03. The quantitative estimate of drug-likeness (QED) is 0.505. The van der Waals surface area contributed by atoms with E-state index < -0.39 is 0 Å². The van der Waals surface area contributed by atoms with Gasteiger partial charge in [0.1, 0.15) is 0 Å². The van der Waals surface area contributed by atoms with Gasteiger partial charge >= 0.3 is 0 Å². The minimum atomic E-state index is 1.12. The molecule has 0 atom stereocenters. The molecule has 0 heterocycles. The highest BCUT2D eigenvalue weighted by molar-refractivity contribution is 5.07. The summed E-state index contributed by atoms with van der Waals surface area (Å²) in [5, 5.41) is 0. The Hall–Kier alpha value is -0.520. The third kappa shape index (κ3) is 9.48. The van der Waals surface area contributed by atoms with Crippen LogP contribution in [0.1, 0.15) is 39.5 Å². The van der Waals surface area contributed by atoms with Gasteiger partial charge in [-0.3, -0.25) is 0 Å². The molecule has 0 fully saturated rings. The SMILES string of the molecule is CCC=C[CH]C=CCCCC. The lowest BCUT2D eigenvalue weighted by Gasteiger charge is -1.86. The molecule has 0 rings (SSSR count). The van der Waals surface area contributed by atoms with Crippen LogP contribution in [0.4, 0.5) is 0 Å². The van der Waals surface area contributed by atoms with Crippen LogP contribution in [-0.2, 0) is 0 Å². The molecular formula is C11H19. The third-order valence-electron chi connectivity index (χ3n) is 1.45. The van der Waals surface area contributed by atoms with E-state index >= 15 is 0 Å². The Morgan fingerprint density at radius 2 is 1.73 bits per heavy atom. The van der Waals surface area contributed by atoms with Gasteiger partial charge in [0.25, 0.3) is 0 Å². The molecular weight excluding hydrogens is 132 g/mol. The summed E-state index contributed by atoms with van der Waals surface area (Å²) in [5.41, 5.74) is 0. The maximum atomic E-state index is 2.23. The molecule has 0 aliphatic rings. The van der Waals surface area contributed by atoms with Crippen LogP contribution in [0.25, 0.3) is 0 Å². The van der Waals surface area contributed by atoms with Crippen molar-refractivity contribution in [2.24, 2.45) is 0 Å². The van der Waals surface area contributed by atoms with Gasteiger partial charge in [0.05, 0.1) is 0 Å². The molecule has 0 heteroatoms. The standard InChI is InChI=1S/C11H19/c1-3-5-7-9-11-10-8-6-4-2/h5,7,9-11H,3-4,6,8H2,1-2H3. The summed E-state index contributed by atoms with van der Waals surface area (Å²) in [6.07, 6.45) is 15.6. The van der Waals surface area contributed by atoms with E-state index in [9.17, 15) is 0 Å². The lowest BCUT2D eigenvalue weighted by atomic mass is 10.2. The fourth-order valence-electron chi connectivity index (χ4n) is 0.776. The van der Waals surface area contributed by atoms with Crippen LogP contribution in [0, 0.1) is 6.42 Å². The first-order chi connectivity index (χ1) is 5.41. The zero-order chi connectivity index (χ0) is 8.36. The van der Waals surface area contributed by atoms with E-state index in [1.54, 1.807) is 0 Å². The van der Waals surface area contributed by atoms with E-state index in [0.717, 1.165) is 6.42 Å². The molecule has 11 heavy (non-hydrogen) atoms. The summed E-state index contributed by atoms with van der Waals surface area (Å²) < 4.78 is 0. The van der Waals surface area contributed by atoms with Crippen molar-refractivity contribution >= 4 is 0 Å². The highest BCUT2D eigenvalue weighted by Crippen LogP contribution is 1.96. The van der Waals surface area contributed by atoms with Crippen LogP contribution in [0.2, 0.25) is 0 Å². The Bertz CT molecular complexity index is 109. The largest absolute Gasteiger partial charge is 0.0882 e. The van der Waals surface area contributed by atoms with Crippen LogP contribution < -0.4 is 0 Å². The Balaban J connectivity index is 3.09. The van der Waals surface area contributed by atoms with Gasteiger partial charge in [-0.1, -0.05) is 51.0 Å². The zero-order valence-electron chi connectivity index (χ0n) is 7.72. The van der Waals surface area contributed by atoms with Crippen LogP contribution in [-0.4, -0.2) is 0 Å². The number of allylic oxidation sites excluding steroid dienone is 4. The minimum absolute atomic E-state index is 1.12. The summed E-state index contributed by atoms with van der Waals surface area (Å²) in [6, 6.07) is 0. The number of hydrogen-bond acceptors (Lipinski definition) is 0. The second-order valence-corrected chi connectivity index (χ2v) is 2.60. The molecule has 0 N–H and O–H groups in total. The normalized spacial score (nSPS) is 11.8. The highest BCUT2D eigenvalue weighted by Gasteiger charge is 1.76. The van der Waals surface area contributed by atoms with Gasteiger partial charge in [0.2, 0.25) is 0 Å². The molecule has 0 aliphatic heterocycles.